The number of nitrogens with one attached hydrogen (secondary N) is 2. The molecule has 0 aromatic carbocycles. The van der Waals surface area contributed by atoms with Crippen LogP contribution in [0.5, 0.6) is 0 Å². The van der Waals surface area contributed by atoms with Gasteiger partial charge in [0.05, 0.1) is 18.2 Å². The van der Waals surface area contributed by atoms with Crippen molar-refractivity contribution in [2.75, 3.05) is 12.3 Å². The minimum absolute atomic E-state index is 0.0420. The lowest BCUT2D eigenvalue weighted by atomic mass is 9.93. The van der Waals surface area contributed by atoms with Gasteiger partial charge in [0.1, 0.15) is 16.4 Å². The molecule has 0 spiro atoms. The van der Waals surface area contributed by atoms with E-state index in [9.17, 15) is 18.0 Å². The van der Waals surface area contributed by atoms with Crippen LogP contribution in [0.2, 0.25) is 0 Å². The van der Waals surface area contributed by atoms with Crippen molar-refractivity contribution in [1.82, 2.24) is 14.8 Å². The Hall–Kier alpha value is -2.96. The summed E-state index contributed by atoms with van der Waals surface area (Å²) in [5.74, 6) is -0.479. The van der Waals surface area contributed by atoms with Crippen molar-refractivity contribution in [2.24, 2.45) is 16.6 Å². The van der Waals surface area contributed by atoms with E-state index in [1.807, 2.05) is 0 Å². The number of nitrogens with zero attached hydrogens (tertiary/aromatic N) is 2. The van der Waals surface area contributed by atoms with Gasteiger partial charge in [-0.25, -0.2) is 18.6 Å². The van der Waals surface area contributed by atoms with Crippen LogP contribution in [0.3, 0.4) is 0 Å². The second-order valence-electron chi connectivity index (χ2n) is 7.32. The lowest BCUT2D eigenvalue weighted by Crippen LogP contribution is -2.36. The highest BCUT2D eigenvalue weighted by molar-refractivity contribution is 7.89. The third-order valence-electron chi connectivity index (χ3n) is 5.09. The molecule has 1 atom stereocenters. The molecule has 162 valence electrons. The molecule has 0 bridgehead atoms. The zero-order valence-electron chi connectivity index (χ0n) is 16.4. The molecule has 2 aliphatic rings. The van der Waals surface area contributed by atoms with Gasteiger partial charge in [-0.1, -0.05) is 6.58 Å². The number of nitrogens with two attached hydrogens (primary N) is 2. The lowest BCUT2D eigenvalue weighted by Gasteiger charge is -2.26. The summed E-state index contributed by atoms with van der Waals surface area (Å²) in [4.78, 5) is 28.6. The normalized spacial score (nSPS) is 19.6. The van der Waals surface area contributed by atoms with Crippen LogP contribution in [0, 0.1) is 5.92 Å². The molecule has 7 N–H and O–H groups in total. The van der Waals surface area contributed by atoms with E-state index < -0.39 is 33.2 Å². The number of hydroxylamine groups is 1. The number of carbonyl (C=O) groups is 1. The molecule has 12 heteroatoms. The molecule has 1 amide bonds. The minimum Gasteiger partial charge on any atom is -0.393 e. The summed E-state index contributed by atoms with van der Waals surface area (Å²) in [6, 6.07) is 0.742. The van der Waals surface area contributed by atoms with E-state index in [2.05, 4.69) is 16.3 Å². The van der Waals surface area contributed by atoms with Crippen LogP contribution in [-0.4, -0.2) is 42.5 Å². The maximum Gasteiger partial charge on any atom is 0.279 e. The van der Waals surface area contributed by atoms with Crippen molar-refractivity contribution >= 4 is 33.2 Å². The molecule has 1 aromatic rings. The van der Waals surface area contributed by atoms with Crippen LogP contribution in [0.15, 0.2) is 44.7 Å². The Labute approximate surface area is 173 Å². The van der Waals surface area contributed by atoms with E-state index in [0.29, 0.717) is 11.5 Å². The molecule has 1 saturated carbocycles. The van der Waals surface area contributed by atoms with E-state index in [1.165, 1.54) is 17.7 Å². The molecule has 1 aliphatic heterocycles. The van der Waals surface area contributed by atoms with Gasteiger partial charge in [0, 0.05) is 12.7 Å². The standard InChI is InChI=1S/C18H24N6O5S/c1-9-10(2)22-17(20)16(12(9)7-14(25)23-27)24-6-5-13(15(19)18(24)26)30(28,29)21-8-11-3-4-11/h5-6,10-11,21,27H,1,3-4,7-8,19H2,2H3,(H2,20,22)(H,23,25). The van der Waals surface area contributed by atoms with Gasteiger partial charge in [0.15, 0.2) is 0 Å². The quantitative estimate of drug-likeness (QED) is 0.283. The maximum absolute atomic E-state index is 12.9. The summed E-state index contributed by atoms with van der Waals surface area (Å²) < 4.78 is 28.6. The predicted octanol–water partition coefficient (Wildman–Crippen LogP) is -0.459. The van der Waals surface area contributed by atoms with Crippen LogP contribution >= 0.6 is 0 Å². The second kappa shape index (κ2) is 8.05. The summed E-state index contributed by atoms with van der Waals surface area (Å²) in [5, 5.41) is 8.88. The smallest absolute Gasteiger partial charge is 0.279 e. The fourth-order valence-electron chi connectivity index (χ4n) is 3.15. The number of aromatic nitrogens is 1. The van der Waals surface area contributed by atoms with Crippen LogP contribution in [-0.2, 0) is 14.8 Å². The lowest BCUT2D eigenvalue weighted by molar-refractivity contribution is -0.128. The first kappa shape index (κ1) is 21.7. The van der Waals surface area contributed by atoms with Gasteiger partial charge in [-0.05, 0) is 42.9 Å². The number of aliphatic imine (C=N–C) groups is 1. The number of dihydropyridines is 1. The van der Waals surface area contributed by atoms with Gasteiger partial charge in [-0.15, -0.1) is 0 Å². The van der Waals surface area contributed by atoms with Crippen molar-refractivity contribution in [1.29, 1.82) is 0 Å². The number of nitrogen functional groups attached to an aromatic ring is 1. The molecule has 0 radical (unpaired) electrons. The Morgan fingerprint density at radius 3 is 2.67 bits per heavy atom. The van der Waals surface area contributed by atoms with E-state index in [4.69, 9.17) is 16.7 Å². The van der Waals surface area contributed by atoms with Crippen LogP contribution < -0.4 is 27.2 Å². The molecule has 11 nitrogen and oxygen atoms in total. The zero-order chi connectivity index (χ0) is 22.2. The largest absolute Gasteiger partial charge is 0.393 e. The number of carbonyl (C=O) groups excluding carboxylic acids is 1. The summed E-state index contributed by atoms with van der Waals surface area (Å²) in [6.07, 6.45) is 2.81. The number of rotatable bonds is 7. The summed E-state index contributed by atoms with van der Waals surface area (Å²) >= 11 is 0. The number of sulfonamides is 1. The molecule has 3 rings (SSSR count). The van der Waals surface area contributed by atoms with Crippen molar-refractivity contribution < 1.29 is 18.4 Å². The molecule has 1 aliphatic carbocycles. The molecule has 1 fully saturated rings. The van der Waals surface area contributed by atoms with E-state index in [-0.39, 0.29) is 35.0 Å². The number of anilines is 1. The van der Waals surface area contributed by atoms with Gasteiger partial charge < -0.3 is 11.5 Å². The molecule has 30 heavy (non-hydrogen) atoms. The number of pyridine rings is 1. The summed E-state index contributed by atoms with van der Waals surface area (Å²) in [6.45, 7) is 5.89. The number of hydrogen-bond donors (Lipinski definition) is 5. The SMILES string of the molecule is C=C1C(CC(=O)NO)=C(n2ccc(S(=O)(=O)NCC3CC3)c(N)c2=O)C(N)=NC1C. The molecule has 1 aromatic heterocycles. The molecular weight excluding hydrogens is 412 g/mol. The Bertz CT molecular complexity index is 1130. The first-order valence-corrected chi connectivity index (χ1v) is 10.7. The topological polar surface area (TPSA) is 182 Å². The fourth-order valence-corrected chi connectivity index (χ4v) is 4.37. The van der Waals surface area contributed by atoms with Crippen LogP contribution in [0.4, 0.5) is 5.69 Å². The monoisotopic (exact) mass is 436 g/mol. The van der Waals surface area contributed by atoms with Crippen LogP contribution in [0.25, 0.3) is 5.70 Å². The maximum atomic E-state index is 12.9. The highest BCUT2D eigenvalue weighted by Crippen LogP contribution is 2.30. The Morgan fingerprint density at radius 1 is 1.40 bits per heavy atom. The first-order chi connectivity index (χ1) is 14.1. The third kappa shape index (κ3) is 4.15. The molecule has 0 saturated heterocycles. The van der Waals surface area contributed by atoms with Gasteiger partial charge in [0.25, 0.3) is 5.56 Å². The van der Waals surface area contributed by atoms with Crippen LogP contribution in [0.1, 0.15) is 26.2 Å². The summed E-state index contributed by atoms with van der Waals surface area (Å²) in [7, 11) is -3.97. The zero-order valence-corrected chi connectivity index (χ0v) is 17.2. The fraction of sp³-hybridized carbons (Fsp3) is 0.389. The minimum atomic E-state index is -3.97. The highest BCUT2D eigenvalue weighted by atomic mass is 32.2. The third-order valence-corrected chi connectivity index (χ3v) is 6.58. The molecule has 1 unspecified atom stereocenters. The highest BCUT2D eigenvalue weighted by Gasteiger charge is 2.29. The molecule has 2 heterocycles. The van der Waals surface area contributed by atoms with Crippen molar-refractivity contribution in [3.05, 3.63) is 40.3 Å². The average Bonchev–Trinajstić information content (AvgIpc) is 3.51. The average molecular weight is 436 g/mol. The van der Waals surface area contributed by atoms with E-state index in [0.717, 1.165) is 17.4 Å². The molecular formula is C18H24N6O5S. The second-order valence-corrected chi connectivity index (χ2v) is 9.05. The Morgan fingerprint density at radius 2 is 2.07 bits per heavy atom. The Balaban J connectivity index is 2.10. The van der Waals surface area contributed by atoms with E-state index >= 15 is 0 Å². The Kier molecular flexibility index (Phi) is 5.83. The van der Waals surface area contributed by atoms with Crippen molar-refractivity contribution in [3.63, 3.8) is 0 Å². The van der Waals surface area contributed by atoms with Crippen molar-refractivity contribution in [3.8, 4) is 0 Å². The predicted molar refractivity (Wildman–Crippen MR) is 111 cm³/mol. The summed E-state index contributed by atoms with van der Waals surface area (Å²) in [5.41, 5.74) is 12.9. The number of hydrogen-bond acceptors (Lipinski definition) is 8. The van der Waals surface area contributed by atoms with Crippen molar-refractivity contribution in [2.45, 2.75) is 37.1 Å². The number of amides is 1. The number of amidine groups is 1. The van der Waals surface area contributed by atoms with E-state index in [1.54, 1.807) is 6.92 Å². The van der Waals surface area contributed by atoms with Gasteiger partial charge in [0.2, 0.25) is 15.9 Å². The first-order valence-electron chi connectivity index (χ1n) is 9.26. The van der Waals surface area contributed by atoms with Gasteiger partial charge in [-0.3, -0.25) is 24.4 Å². The van der Waals surface area contributed by atoms with Gasteiger partial charge in [-0.2, -0.15) is 0 Å². The van der Waals surface area contributed by atoms with Gasteiger partial charge >= 0.3 is 0 Å².